The average molecular weight is 441 g/mol. The molecule has 2 heterocycles. The number of amidine groups is 1. The largest absolute Gasteiger partial charge is 1.00 e. The summed E-state index contributed by atoms with van der Waals surface area (Å²) in [6, 6.07) is 20.4. The molecule has 2 N–H and O–H groups in total. The number of carbonyl (C=O) groups is 2. The summed E-state index contributed by atoms with van der Waals surface area (Å²) in [4.78, 5) is 26.4. The van der Waals surface area contributed by atoms with Crippen molar-refractivity contribution in [3.8, 4) is 5.69 Å². The van der Waals surface area contributed by atoms with Gasteiger partial charge in [-0.05, 0) is 59.8 Å². The Bertz CT molecular complexity index is 1110. The van der Waals surface area contributed by atoms with E-state index in [0.29, 0.717) is 10.1 Å². The number of hydrogen-bond donors (Lipinski definition) is 2. The number of aryl methyl sites for hydroxylation is 1. The number of benzene rings is 2. The van der Waals surface area contributed by atoms with Gasteiger partial charge in [0.15, 0.2) is 5.17 Å². The SMILES string of the molecule is CC(=O)O.Cc1ccc(C=C2SC(=Nc3cc[c-]cc3)NC2=O)cc1-n1cccc1.[Na+]. The first-order valence-corrected chi connectivity index (χ1v) is 9.93. The summed E-state index contributed by atoms with van der Waals surface area (Å²) in [6.45, 7) is 3.16. The number of thioether (sulfide) groups is 1. The molecule has 0 spiro atoms. The van der Waals surface area contributed by atoms with E-state index in [0.717, 1.165) is 23.9 Å². The molecular formula is C23H20N3NaO3S. The Hall–Kier alpha value is -2.58. The number of hydrogen-bond acceptors (Lipinski definition) is 4. The summed E-state index contributed by atoms with van der Waals surface area (Å²) in [5.41, 5.74) is 4.04. The number of rotatable bonds is 3. The number of amides is 1. The van der Waals surface area contributed by atoms with Gasteiger partial charge in [-0.15, -0.1) is 12.1 Å². The van der Waals surface area contributed by atoms with Crippen molar-refractivity contribution in [2.45, 2.75) is 13.8 Å². The zero-order valence-corrected chi connectivity index (χ0v) is 20.3. The second-order valence-electron chi connectivity index (χ2n) is 6.40. The molecule has 0 saturated carbocycles. The van der Waals surface area contributed by atoms with Crippen LogP contribution in [0.2, 0.25) is 0 Å². The molecule has 2 aromatic carbocycles. The maximum absolute atomic E-state index is 12.3. The van der Waals surface area contributed by atoms with E-state index in [4.69, 9.17) is 9.90 Å². The van der Waals surface area contributed by atoms with Crippen LogP contribution in [0.1, 0.15) is 18.1 Å². The molecule has 0 radical (unpaired) electrons. The maximum Gasteiger partial charge on any atom is 1.00 e. The maximum atomic E-state index is 12.3. The summed E-state index contributed by atoms with van der Waals surface area (Å²) in [6.07, 6.45) is 5.92. The molecule has 0 aliphatic carbocycles. The minimum Gasteiger partial charge on any atom is -0.481 e. The molecule has 1 aromatic heterocycles. The van der Waals surface area contributed by atoms with Gasteiger partial charge >= 0.3 is 29.6 Å². The van der Waals surface area contributed by atoms with Gasteiger partial charge in [0.1, 0.15) is 0 Å². The number of nitrogens with zero attached hydrogens (tertiary/aromatic N) is 2. The first-order chi connectivity index (χ1) is 14.4. The average Bonchev–Trinajstić information content (AvgIpc) is 3.34. The Morgan fingerprint density at radius 2 is 1.84 bits per heavy atom. The fourth-order valence-electron chi connectivity index (χ4n) is 2.69. The van der Waals surface area contributed by atoms with Crippen LogP contribution in [0.4, 0.5) is 5.69 Å². The molecule has 1 amide bonds. The van der Waals surface area contributed by atoms with E-state index < -0.39 is 5.97 Å². The summed E-state index contributed by atoms with van der Waals surface area (Å²) >= 11 is 1.35. The normalized spacial score (nSPS) is 15.1. The third kappa shape index (κ3) is 7.25. The molecule has 1 saturated heterocycles. The second kappa shape index (κ2) is 11.7. The Kier molecular flexibility index (Phi) is 9.33. The number of nitrogens with one attached hydrogen (secondary N) is 1. The van der Waals surface area contributed by atoms with E-state index in [1.54, 1.807) is 12.1 Å². The third-order valence-electron chi connectivity index (χ3n) is 4.00. The van der Waals surface area contributed by atoms with Crippen molar-refractivity contribution in [3.63, 3.8) is 0 Å². The van der Waals surface area contributed by atoms with Crippen LogP contribution < -0.4 is 34.9 Å². The molecule has 1 aliphatic rings. The molecule has 1 fully saturated rings. The molecule has 152 valence electrons. The molecular weight excluding hydrogens is 421 g/mol. The van der Waals surface area contributed by atoms with E-state index >= 15 is 0 Å². The zero-order valence-electron chi connectivity index (χ0n) is 17.5. The molecule has 4 rings (SSSR count). The smallest absolute Gasteiger partial charge is 0.481 e. The number of carbonyl (C=O) groups excluding carboxylic acids is 1. The fourth-order valence-corrected chi connectivity index (χ4v) is 3.53. The molecule has 3 aromatic rings. The molecule has 0 bridgehead atoms. The van der Waals surface area contributed by atoms with E-state index in [1.807, 2.05) is 48.8 Å². The zero-order chi connectivity index (χ0) is 21.5. The molecule has 0 atom stereocenters. The molecule has 8 heteroatoms. The Labute approximate surface area is 207 Å². The molecule has 1 aliphatic heterocycles. The van der Waals surface area contributed by atoms with Crippen molar-refractivity contribution in [2.75, 3.05) is 0 Å². The van der Waals surface area contributed by atoms with Crippen LogP contribution in [0, 0.1) is 13.0 Å². The van der Waals surface area contributed by atoms with Crippen molar-refractivity contribution in [3.05, 3.63) is 89.1 Å². The van der Waals surface area contributed by atoms with Gasteiger partial charge in [-0.2, -0.15) is 18.2 Å². The van der Waals surface area contributed by atoms with Crippen LogP contribution in [-0.4, -0.2) is 26.7 Å². The van der Waals surface area contributed by atoms with Crippen LogP contribution in [0.5, 0.6) is 0 Å². The van der Waals surface area contributed by atoms with Crippen molar-refractivity contribution in [1.29, 1.82) is 0 Å². The van der Waals surface area contributed by atoms with Crippen LogP contribution in [0.25, 0.3) is 11.8 Å². The predicted molar refractivity (Wildman–Crippen MR) is 120 cm³/mol. The predicted octanol–water partition coefficient (Wildman–Crippen LogP) is 1.57. The van der Waals surface area contributed by atoms with Crippen LogP contribution >= 0.6 is 11.8 Å². The van der Waals surface area contributed by atoms with Crippen LogP contribution in [0.15, 0.2) is 76.9 Å². The summed E-state index contributed by atoms with van der Waals surface area (Å²) < 4.78 is 2.07. The topological polar surface area (TPSA) is 83.7 Å². The second-order valence-corrected chi connectivity index (χ2v) is 7.43. The van der Waals surface area contributed by atoms with Gasteiger partial charge in [-0.3, -0.25) is 14.6 Å². The van der Waals surface area contributed by atoms with E-state index in [-0.39, 0.29) is 35.5 Å². The third-order valence-corrected chi connectivity index (χ3v) is 4.91. The number of aliphatic imine (C=N–C) groups is 1. The minimum atomic E-state index is -0.833. The monoisotopic (exact) mass is 441 g/mol. The van der Waals surface area contributed by atoms with Gasteiger partial charge in [-0.1, -0.05) is 12.1 Å². The summed E-state index contributed by atoms with van der Waals surface area (Å²) in [7, 11) is 0. The van der Waals surface area contributed by atoms with Gasteiger partial charge in [-0.25, -0.2) is 0 Å². The Morgan fingerprint density at radius 1 is 1.19 bits per heavy atom. The molecule has 31 heavy (non-hydrogen) atoms. The summed E-state index contributed by atoms with van der Waals surface area (Å²) in [5.74, 6) is -0.959. The first-order valence-electron chi connectivity index (χ1n) is 9.11. The van der Waals surface area contributed by atoms with E-state index in [9.17, 15) is 4.79 Å². The van der Waals surface area contributed by atoms with Crippen molar-refractivity contribution < 1.29 is 44.3 Å². The van der Waals surface area contributed by atoms with Gasteiger partial charge in [0.25, 0.3) is 11.9 Å². The molecule has 6 nitrogen and oxygen atoms in total. The number of aromatic nitrogens is 1. The van der Waals surface area contributed by atoms with Crippen LogP contribution in [-0.2, 0) is 9.59 Å². The van der Waals surface area contributed by atoms with E-state index in [1.165, 1.54) is 17.3 Å². The van der Waals surface area contributed by atoms with Gasteiger partial charge in [0.2, 0.25) is 0 Å². The Morgan fingerprint density at radius 3 is 2.48 bits per heavy atom. The molecule has 0 unspecified atom stereocenters. The fraction of sp³-hybridized carbons (Fsp3) is 0.0870. The Balaban J connectivity index is 0.000000631. The number of carboxylic acids is 1. The number of aliphatic carboxylic acids is 1. The van der Waals surface area contributed by atoms with E-state index in [2.05, 4.69) is 40.0 Å². The van der Waals surface area contributed by atoms with Gasteiger partial charge < -0.3 is 15.0 Å². The van der Waals surface area contributed by atoms with Crippen molar-refractivity contribution >= 4 is 40.6 Å². The van der Waals surface area contributed by atoms with Crippen molar-refractivity contribution in [1.82, 2.24) is 9.88 Å². The standard InChI is InChI=1S/C21H16N3OS.C2H4O2.Na/c1-15-9-10-16(13-18(15)24-11-5-6-12-24)14-19-20(25)23-21(26-19)22-17-7-3-2-4-8-17;1-2(3)4;/h3-14H,1H3,(H,22,23,25);1H3,(H,3,4);/q-1;;+1. The van der Waals surface area contributed by atoms with Gasteiger partial charge in [0, 0.05) is 25.0 Å². The quantitative estimate of drug-likeness (QED) is 0.367. The number of carboxylic acid groups (broad SMARTS) is 1. The van der Waals surface area contributed by atoms with Crippen molar-refractivity contribution in [2.24, 2.45) is 4.99 Å². The van der Waals surface area contributed by atoms with Crippen LogP contribution in [0.3, 0.4) is 0 Å². The summed E-state index contributed by atoms with van der Waals surface area (Å²) in [5, 5.41) is 10.8. The minimum absolute atomic E-state index is 0. The first kappa shape index (κ1) is 24.7. The van der Waals surface area contributed by atoms with Gasteiger partial charge in [0.05, 0.1) is 4.91 Å².